The van der Waals surface area contributed by atoms with Crippen molar-refractivity contribution < 1.29 is 5.11 Å². The Balaban J connectivity index is 1.79. The second-order valence-corrected chi connectivity index (χ2v) is 6.09. The Labute approximate surface area is 133 Å². The largest absolute Gasteiger partial charge is 0.388 e. The van der Waals surface area contributed by atoms with Gasteiger partial charge in [0.05, 0.1) is 5.69 Å². The molecule has 0 aromatic carbocycles. The first-order chi connectivity index (χ1) is 10.7. The van der Waals surface area contributed by atoms with Crippen molar-refractivity contribution in [1.82, 2.24) is 24.1 Å². The Kier molecular flexibility index (Phi) is 4.44. The van der Waals surface area contributed by atoms with Gasteiger partial charge in [0.2, 0.25) is 0 Å². The van der Waals surface area contributed by atoms with Crippen LogP contribution in [0, 0.1) is 6.92 Å². The Morgan fingerprint density at radius 3 is 2.91 bits per heavy atom. The van der Waals surface area contributed by atoms with Crippen LogP contribution in [0.2, 0.25) is 0 Å². The minimum absolute atomic E-state index is 0.0822. The van der Waals surface area contributed by atoms with Crippen LogP contribution in [-0.4, -0.2) is 29.3 Å². The summed E-state index contributed by atoms with van der Waals surface area (Å²) in [6.45, 7) is 4.89. The van der Waals surface area contributed by atoms with E-state index in [4.69, 9.17) is 0 Å². The zero-order valence-corrected chi connectivity index (χ0v) is 13.5. The Morgan fingerprint density at radius 2 is 2.18 bits per heavy atom. The molecular formula is C15H19N5OS. The summed E-state index contributed by atoms with van der Waals surface area (Å²) in [5.74, 6) is 1.35. The van der Waals surface area contributed by atoms with Crippen LogP contribution in [0.4, 0.5) is 0 Å². The SMILES string of the molecule is CCCn1c(CO)nnc1SCc1cn2cccc(C)c2n1. The quantitative estimate of drug-likeness (QED) is 0.707. The molecule has 0 aliphatic rings. The van der Waals surface area contributed by atoms with Crippen LogP contribution in [0.5, 0.6) is 0 Å². The van der Waals surface area contributed by atoms with Gasteiger partial charge < -0.3 is 14.1 Å². The van der Waals surface area contributed by atoms with Gasteiger partial charge in [-0.05, 0) is 25.0 Å². The molecule has 7 heteroatoms. The van der Waals surface area contributed by atoms with E-state index in [0.29, 0.717) is 5.82 Å². The van der Waals surface area contributed by atoms with Gasteiger partial charge in [0, 0.05) is 24.7 Å². The van der Waals surface area contributed by atoms with Gasteiger partial charge in [0.1, 0.15) is 12.3 Å². The van der Waals surface area contributed by atoms with Crippen LogP contribution in [0.3, 0.4) is 0 Å². The first-order valence-corrected chi connectivity index (χ1v) is 8.30. The number of aryl methyl sites for hydroxylation is 1. The third kappa shape index (κ3) is 2.86. The van der Waals surface area contributed by atoms with Crippen LogP contribution >= 0.6 is 11.8 Å². The lowest BCUT2D eigenvalue weighted by atomic mass is 10.3. The highest BCUT2D eigenvalue weighted by Crippen LogP contribution is 2.22. The smallest absolute Gasteiger partial charge is 0.191 e. The lowest BCUT2D eigenvalue weighted by Gasteiger charge is -2.06. The van der Waals surface area contributed by atoms with Gasteiger partial charge in [-0.25, -0.2) is 4.98 Å². The zero-order valence-electron chi connectivity index (χ0n) is 12.7. The second kappa shape index (κ2) is 6.50. The van der Waals surface area contributed by atoms with E-state index in [2.05, 4.69) is 35.1 Å². The molecule has 3 aromatic rings. The summed E-state index contributed by atoms with van der Waals surface area (Å²) in [4.78, 5) is 4.67. The molecule has 0 saturated heterocycles. The highest BCUT2D eigenvalue weighted by molar-refractivity contribution is 7.98. The first-order valence-electron chi connectivity index (χ1n) is 7.32. The van der Waals surface area contributed by atoms with Crippen molar-refractivity contribution in [3.05, 3.63) is 41.6 Å². The molecule has 0 bridgehead atoms. The fourth-order valence-electron chi connectivity index (χ4n) is 2.40. The van der Waals surface area contributed by atoms with E-state index in [1.807, 2.05) is 27.4 Å². The van der Waals surface area contributed by atoms with Crippen LogP contribution in [0.15, 0.2) is 29.7 Å². The predicted molar refractivity (Wildman–Crippen MR) is 85.7 cm³/mol. The molecule has 3 heterocycles. The molecule has 3 rings (SSSR count). The number of aliphatic hydroxyl groups excluding tert-OH is 1. The number of imidazole rings is 1. The number of nitrogens with zero attached hydrogens (tertiary/aromatic N) is 5. The monoisotopic (exact) mass is 317 g/mol. The van der Waals surface area contributed by atoms with Crippen molar-refractivity contribution in [3.63, 3.8) is 0 Å². The Bertz CT molecular complexity index is 779. The number of fused-ring (bicyclic) bond motifs is 1. The number of thioether (sulfide) groups is 1. The van der Waals surface area contributed by atoms with E-state index in [-0.39, 0.29) is 6.61 Å². The predicted octanol–water partition coefficient (Wildman–Crippen LogP) is 2.43. The Morgan fingerprint density at radius 1 is 1.32 bits per heavy atom. The maximum absolute atomic E-state index is 9.32. The lowest BCUT2D eigenvalue weighted by molar-refractivity contribution is 0.263. The summed E-state index contributed by atoms with van der Waals surface area (Å²) in [5, 5.41) is 18.4. The number of aromatic nitrogens is 5. The molecule has 0 amide bonds. The summed E-state index contributed by atoms with van der Waals surface area (Å²) in [7, 11) is 0. The number of aliphatic hydroxyl groups is 1. The fourth-order valence-corrected chi connectivity index (χ4v) is 3.27. The van der Waals surface area contributed by atoms with Crippen molar-refractivity contribution in [2.24, 2.45) is 0 Å². The van der Waals surface area contributed by atoms with Crippen molar-refractivity contribution in [1.29, 1.82) is 0 Å². The lowest BCUT2D eigenvalue weighted by Crippen LogP contribution is -2.04. The zero-order chi connectivity index (χ0) is 15.5. The van der Waals surface area contributed by atoms with E-state index in [9.17, 15) is 5.11 Å². The van der Waals surface area contributed by atoms with E-state index < -0.39 is 0 Å². The number of rotatable bonds is 6. The number of hydrogen-bond donors (Lipinski definition) is 1. The van der Waals surface area contributed by atoms with Crippen molar-refractivity contribution in [2.75, 3.05) is 0 Å². The van der Waals surface area contributed by atoms with Gasteiger partial charge in [0.15, 0.2) is 11.0 Å². The van der Waals surface area contributed by atoms with Gasteiger partial charge in [0.25, 0.3) is 0 Å². The Hall–Kier alpha value is -1.86. The molecule has 0 spiro atoms. The molecular weight excluding hydrogens is 298 g/mol. The van der Waals surface area contributed by atoms with E-state index in [0.717, 1.165) is 40.8 Å². The maximum Gasteiger partial charge on any atom is 0.191 e. The van der Waals surface area contributed by atoms with Gasteiger partial charge >= 0.3 is 0 Å². The normalized spacial score (nSPS) is 11.4. The minimum Gasteiger partial charge on any atom is -0.388 e. The van der Waals surface area contributed by atoms with Crippen molar-refractivity contribution in [3.8, 4) is 0 Å². The fraction of sp³-hybridized carbons (Fsp3) is 0.400. The molecule has 0 atom stereocenters. The molecule has 3 aromatic heterocycles. The molecule has 0 aliphatic heterocycles. The van der Waals surface area contributed by atoms with Gasteiger partial charge in [-0.2, -0.15) is 0 Å². The topological polar surface area (TPSA) is 68.2 Å². The van der Waals surface area contributed by atoms with Gasteiger partial charge in [-0.1, -0.05) is 24.8 Å². The van der Waals surface area contributed by atoms with Gasteiger partial charge in [-0.15, -0.1) is 10.2 Å². The molecule has 116 valence electrons. The summed E-state index contributed by atoms with van der Waals surface area (Å²) >= 11 is 1.60. The standard InChI is InChI=1S/C15H19N5OS/c1-3-6-20-13(9-21)17-18-15(20)22-10-12-8-19-7-4-5-11(2)14(19)16-12/h4-5,7-8,21H,3,6,9-10H2,1-2H3. The van der Waals surface area contributed by atoms with Crippen LogP contribution < -0.4 is 0 Å². The minimum atomic E-state index is -0.0822. The average Bonchev–Trinajstić information content (AvgIpc) is 3.10. The first kappa shape index (κ1) is 15.1. The van der Waals surface area contributed by atoms with Crippen LogP contribution in [-0.2, 0) is 18.9 Å². The summed E-state index contributed by atoms with van der Waals surface area (Å²) in [5.41, 5.74) is 3.16. The van der Waals surface area contributed by atoms with Crippen molar-refractivity contribution in [2.45, 2.75) is 44.3 Å². The average molecular weight is 317 g/mol. The molecule has 22 heavy (non-hydrogen) atoms. The van der Waals surface area contributed by atoms with Crippen molar-refractivity contribution >= 4 is 17.4 Å². The van der Waals surface area contributed by atoms with E-state index in [1.54, 1.807) is 11.8 Å². The molecule has 1 N–H and O–H groups in total. The van der Waals surface area contributed by atoms with E-state index >= 15 is 0 Å². The molecule has 6 nitrogen and oxygen atoms in total. The highest BCUT2D eigenvalue weighted by Gasteiger charge is 2.12. The summed E-state index contributed by atoms with van der Waals surface area (Å²) in [6.07, 6.45) is 5.03. The highest BCUT2D eigenvalue weighted by atomic mass is 32.2. The third-order valence-electron chi connectivity index (χ3n) is 3.46. The second-order valence-electron chi connectivity index (χ2n) is 5.15. The third-order valence-corrected chi connectivity index (χ3v) is 4.46. The number of hydrogen-bond acceptors (Lipinski definition) is 5. The van der Waals surface area contributed by atoms with E-state index in [1.165, 1.54) is 0 Å². The number of pyridine rings is 1. The maximum atomic E-state index is 9.32. The van der Waals surface area contributed by atoms with Crippen LogP contribution in [0.1, 0.15) is 30.4 Å². The molecule has 0 aliphatic carbocycles. The van der Waals surface area contributed by atoms with Gasteiger partial charge in [-0.3, -0.25) is 0 Å². The molecule has 0 saturated carbocycles. The molecule has 0 fully saturated rings. The summed E-state index contributed by atoms with van der Waals surface area (Å²) < 4.78 is 4.02. The molecule has 0 unspecified atom stereocenters. The van der Waals surface area contributed by atoms with Crippen LogP contribution in [0.25, 0.3) is 5.65 Å². The summed E-state index contributed by atoms with van der Waals surface area (Å²) in [6, 6.07) is 4.08. The molecule has 0 radical (unpaired) electrons.